The molecule has 0 unspecified atom stereocenters. The van der Waals surface area contributed by atoms with Crippen LogP contribution < -0.4 is 10.6 Å². The van der Waals surface area contributed by atoms with Crippen molar-refractivity contribution in [1.82, 2.24) is 25.1 Å². The number of rotatable bonds is 7. The average molecular weight is 386 g/mol. The second kappa shape index (κ2) is 8.73. The number of hydrogen-bond donors (Lipinski definition) is 2. The van der Waals surface area contributed by atoms with Gasteiger partial charge in [-0.05, 0) is 32.0 Å². The number of carbonyl (C=O) groups excluding carboxylic acids is 2. The Kier molecular flexibility index (Phi) is 6.34. The molecule has 2 amide bonds. The van der Waals surface area contributed by atoms with E-state index in [9.17, 15) is 9.59 Å². The average Bonchev–Trinajstić information content (AvgIpc) is 3.21. The standard InChI is InChI=1S/C21H31N5O2/c1-14(2)21-24-17-7-5-6-8-18(17)26(21)13-20(28)23-12-16-10-9-15(25(16)4)11-19(27)22-3/h5-8,14-16H,9-13H2,1-4H3,(H,22,27)(H,23,28)/t15-,16+/m1/s1. The van der Waals surface area contributed by atoms with Crippen LogP contribution >= 0.6 is 0 Å². The number of likely N-dealkylation sites (tertiary alicyclic amines) is 1. The van der Waals surface area contributed by atoms with E-state index in [1.165, 1.54) is 0 Å². The summed E-state index contributed by atoms with van der Waals surface area (Å²) in [7, 11) is 3.71. The predicted molar refractivity (Wildman–Crippen MR) is 110 cm³/mol. The molecule has 1 aromatic carbocycles. The Hall–Kier alpha value is -2.41. The van der Waals surface area contributed by atoms with E-state index in [-0.39, 0.29) is 36.4 Å². The van der Waals surface area contributed by atoms with Gasteiger partial charge in [-0.2, -0.15) is 0 Å². The summed E-state index contributed by atoms with van der Waals surface area (Å²) in [5.41, 5.74) is 1.91. The van der Waals surface area contributed by atoms with E-state index >= 15 is 0 Å². The molecule has 2 aromatic rings. The van der Waals surface area contributed by atoms with Gasteiger partial charge in [0.15, 0.2) is 0 Å². The normalized spacial score (nSPS) is 20.0. The van der Waals surface area contributed by atoms with Gasteiger partial charge in [0.25, 0.3) is 0 Å². The quantitative estimate of drug-likeness (QED) is 0.763. The first-order valence-electron chi connectivity index (χ1n) is 10.0. The molecule has 0 saturated carbocycles. The largest absolute Gasteiger partial charge is 0.359 e. The summed E-state index contributed by atoms with van der Waals surface area (Å²) < 4.78 is 2.02. The van der Waals surface area contributed by atoms with E-state index in [4.69, 9.17) is 4.98 Å². The monoisotopic (exact) mass is 385 g/mol. The highest BCUT2D eigenvalue weighted by molar-refractivity contribution is 5.81. The molecule has 152 valence electrons. The fourth-order valence-corrected chi connectivity index (χ4v) is 4.03. The molecule has 1 fully saturated rings. The number of nitrogens with one attached hydrogen (secondary N) is 2. The van der Waals surface area contributed by atoms with E-state index in [0.29, 0.717) is 13.0 Å². The van der Waals surface area contributed by atoms with Crippen molar-refractivity contribution < 1.29 is 9.59 Å². The number of carbonyl (C=O) groups is 2. The van der Waals surface area contributed by atoms with Crippen molar-refractivity contribution in [3.63, 3.8) is 0 Å². The molecule has 2 atom stereocenters. The Labute approximate surface area is 166 Å². The van der Waals surface area contributed by atoms with Crippen LogP contribution in [0.3, 0.4) is 0 Å². The van der Waals surface area contributed by atoms with Gasteiger partial charge in [-0.1, -0.05) is 26.0 Å². The number of para-hydroxylation sites is 2. The van der Waals surface area contributed by atoms with Crippen LogP contribution in [-0.2, 0) is 16.1 Å². The molecule has 7 heteroatoms. The molecule has 0 aliphatic carbocycles. The topological polar surface area (TPSA) is 79.3 Å². The number of aromatic nitrogens is 2. The Balaban J connectivity index is 1.60. The molecule has 0 spiro atoms. The number of imidazole rings is 1. The fourth-order valence-electron chi connectivity index (χ4n) is 4.03. The minimum atomic E-state index is -0.00629. The number of hydrogen-bond acceptors (Lipinski definition) is 4. The summed E-state index contributed by atoms with van der Waals surface area (Å²) >= 11 is 0. The zero-order valence-electron chi connectivity index (χ0n) is 17.2. The third kappa shape index (κ3) is 4.35. The van der Waals surface area contributed by atoms with Crippen LogP contribution in [0.15, 0.2) is 24.3 Å². The van der Waals surface area contributed by atoms with Gasteiger partial charge in [0.1, 0.15) is 12.4 Å². The van der Waals surface area contributed by atoms with Crippen LogP contribution in [0.2, 0.25) is 0 Å². The lowest BCUT2D eigenvalue weighted by molar-refractivity contribution is -0.123. The van der Waals surface area contributed by atoms with Crippen molar-refractivity contribution in [2.24, 2.45) is 0 Å². The number of benzene rings is 1. The lowest BCUT2D eigenvalue weighted by atomic mass is 10.1. The summed E-state index contributed by atoms with van der Waals surface area (Å²) in [6.07, 6.45) is 2.48. The van der Waals surface area contributed by atoms with E-state index in [2.05, 4.69) is 29.4 Å². The highest BCUT2D eigenvalue weighted by atomic mass is 16.2. The molecule has 1 aliphatic heterocycles. The molecule has 0 radical (unpaired) electrons. The summed E-state index contributed by atoms with van der Waals surface area (Å²) in [6, 6.07) is 8.44. The zero-order valence-corrected chi connectivity index (χ0v) is 17.2. The van der Waals surface area contributed by atoms with Gasteiger partial charge in [0.2, 0.25) is 11.8 Å². The molecular formula is C21H31N5O2. The highest BCUT2D eigenvalue weighted by Crippen LogP contribution is 2.24. The Morgan fingerprint density at radius 3 is 2.61 bits per heavy atom. The second-order valence-electron chi connectivity index (χ2n) is 7.93. The van der Waals surface area contributed by atoms with Gasteiger partial charge in [-0.25, -0.2) is 4.98 Å². The number of nitrogens with zero attached hydrogens (tertiary/aromatic N) is 3. The lowest BCUT2D eigenvalue weighted by Crippen LogP contribution is -2.43. The summed E-state index contributed by atoms with van der Waals surface area (Å²) in [5, 5.41) is 5.77. The van der Waals surface area contributed by atoms with Crippen molar-refractivity contribution in [2.45, 2.75) is 57.7 Å². The highest BCUT2D eigenvalue weighted by Gasteiger charge is 2.31. The van der Waals surface area contributed by atoms with Crippen LogP contribution in [0.1, 0.15) is 44.9 Å². The lowest BCUT2D eigenvalue weighted by Gasteiger charge is -2.25. The first-order chi connectivity index (χ1) is 13.4. The van der Waals surface area contributed by atoms with E-state index in [0.717, 1.165) is 29.7 Å². The molecule has 1 aromatic heterocycles. The van der Waals surface area contributed by atoms with Crippen molar-refractivity contribution in [2.75, 3.05) is 20.6 Å². The van der Waals surface area contributed by atoms with E-state index in [1.54, 1.807) is 7.05 Å². The number of fused-ring (bicyclic) bond motifs is 1. The molecule has 2 N–H and O–H groups in total. The molecule has 28 heavy (non-hydrogen) atoms. The van der Waals surface area contributed by atoms with Crippen LogP contribution in [0, 0.1) is 0 Å². The Bertz CT molecular complexity index is 844. The van der Waals surface area contributed by atoms with Crippen LogP contribution in [0.4, 0.5) is 0 Å². The predicted octanol–water partition coefficient (Wildman–Crippen LogP) is 1.87. The van der Waals surface area contributed by atoms with Crippen molar-refractivity contribution in [1.29, 1.82) is 0 Å². The van der Waals surface area contributed by atoms with Crippen LogP contribution in [0.5, 0.6) is 0 Å². The fraction of sp³-hybridized carbons (Fsp3) is 0.571. The van der Waals surface area contributed by atoms with Crippen LogP contribution in [0.25, 0.3) is 11.0 Å². The first kappa shape index (κ1) is 20.3. The van der Waals surface area contributed by atoms with Crippen molar-refractivity contribution in [3.05, 3.63) is 30.1 Å². The van der Waals surface area contributed by atoms with Gasteiger partial charge in [-0.3, -0.25) is 14.5 Å². The van der Waals surface area contributed by atoms with Gasteiger partial charge in [0, 0.05) is 38.0 Å². The van der Waals surface area contributed by atoms with Gasteiger partial charge in [-0.15, -0.1) is 0 Å². The van der Waals surface area contributed by atoms with Crippen LogP contribution in [-0.4, -0.2) is 59.0 Å². The maximum Gasteiger partial charge on any atom is 0.240 e. The van der Waals surface area contributed by atoms with Gasteiger partial charge >= 0.3 is 0 Å². The van der Waals surface area contributed by atoms with E-state index < -0.39 is 0 Å². The Morgan fingerprint density at radius 2 is 1.89 bits per heavy atom. The maximum absolute atomic E-state index is 12.7. The molecular weight excluding hydrogens is 354 g/mol. The first-order valence-corrected chi connectivity index (χ1v) is 10.0. The molecule has 0 bridgehead atoms. The van der Waals surface area contributed by atoms with Crippen molar-refractivity contribution in [3.8, 4) is 0 Å². The molecule has 2 heterocycles. The minimum absolute atomic E-state index is 0.00629. The maximum atomic E-state index is 12.7. The summed E-state index contributed by atoms with van der Waals surface area (Å²) in [5.74, 6) is 1.23. The third-order valence-corrected chi connectivity index (χ3v) is 5.72. The summed E-state index contributed by atoms with van der Waals surface area (Å²) in [4.78, 5) is 31.2. The summed E-state index contributed by atoms with van der Waals surface area (Å²) in [6.45, 7) is 5.06. The van der Waals surface area contributed by atoms with Gasteiger partial charge < -0.3 is 15.2 Å². The van der Waals surface area contributed by atoms with Gasteiger partial charge in [0.05, 0.1) is 11.0 Å². The van der Waals surface area contributed by atoms with E-state index in [1.807, 2.05) is 35.9 Å². The smallest absolute Gasteiger partial charge is 0.240 e. The molecule has 1 saturated heterocycles. The number of amides is 2. The molecule has 7 nitrogen and oxygen atoms in total. The SMILES string of the molecule is CNC(=O)C[C@H]1CC[C@@H](CNC(=O)Cn2c(C(C)C)nc3ccccc32)N1C. The minimum Gasteiger partial charge on any atom is -0.359 e. The zero-order chi connectivity index (χ0) is 20.3. The molecule has 1 aliphatic rings. The second-order valence-corrected chi connectivity index (χ2v) is 7.93. The molecule has 3 rings (SSSR count). The van der Waals surface area contributed by atoms with Crippen molar-refractivity contribution >= 4 is 22.8 Å². The Morgan fingerprint density at radius 1 is 1.18 bits per heavy atom. The third-order valence-electron chi connectivity index (χ3n) is 5.72. The number of likely N-dealkylation sites (N-methyl/N-ethyl adjacent to an activating group) is 1.